The third-order valence-corrected chi connectivity index (χ3v) is 12.4. The van der Waals surface area contributed by atoms with Gasteiger partial charge in [-0.3, -0.25) is 19.7 Å². The number of halogens is 2. The third kappa shape index (κ3) is 10.5. The van der Waals surface area contributed by atoms with Crippen LogP contribution in [0.3, 0.4) is 0 Å². The van der Waals surface area contributed by atoms with E-state index >= 15 is 0 Å². The van der Waals surface area contributed by atoms with Crippen molar-refractivity contribution in [2.75, 3.05) is 6.54 Å². The van der Waals surface area contributed by atoms with Gasteiger partial charge in [0.15, 0.2) is 0 Å². The summed E-state index contributed by atoms with van der Waals surface area (Å²) in [7, 11) is 0. The monoisotopic (exact) mass is 960 g/mol. The second-order valence-corrected chi connectivity index (χ2v) is 16.9. The first-order valence-corrected chi connectivity index (χ1v) is 21.2. The van der Waals surface area contributed by atoms with Gasteiger partial charge in [0, 0.05) is 44.5 Å². The molecule has 3 aliphatic rings. The van der Waals surface area contributed by atoms with E-state index in [1.54, 1.807) is 6.07 Å². The maximum absolute atomic E-state index is 13.7. The average Bonchev–Trinajstić information content (AvgIpc) is 3.98. The van der Waals surface area contributed by atoms with E-state index in [1.165, 1.54) is 5.56 Å². The topological polar surface area (TPSA) is 154 Å². The summed E-state index contributed by atoms with van der Waals surface area (Å²) in [5.41, 5.74) is 13.6. The zero-order valence-corrected chi connectivity index (χ0v) is 36.3. The molecule has 5 atom stereocenters. The van der Waals surface area contributed by atoms with Gasteiger partial charge in [-0.25, -0.2) is 0 Å². The molecule has 306 valence electrons. The Labute approximate surface area is 371 Å². The predicted molar refractivity (Wildman–Crippen MR) is 230 cm³/mol. The van der Waals surface area contributed by atoms with E-state index in [1.807, 2.05) is 103 Å². The number of rotatable bonds is 11. The number of aliphatic imine (C=N–C) groups is 2. The molecule has 3 N–H and O–H groups in total. The summed E-state index contributed by atoms with van der Waals surface area (Å²) in [5.74, 6) is -2.71. The third-order valence-electron chi connectivity index (χ3n) is 11.4. The van der Waals surface area contributed by atoms with Gasteiger partial charge in [-0.2, -0.15) is 0 Å². The van der Waals surface area contributed by atoms with Crippen LogP contribution in [0.25, 0.3) is 0 Å². The van der Waals surface area contributed by atoms with E-state index in [0.717, 1.165) is 75.4 Å². The number of benzene rings is 5. The van der Waals surface area contributed by atoms with Gasteiger partial charge < -0.3 is 25.8 Å². The van der Waals surface area contributed by atoms with Gasteiger partial charge in [0.1, 0.15) is 6.04 Å². The van der Waals surface area contributed by atoms with Crippen LogP contribution in [0.15, 0.2) is 140 Å². The smallest absolute Gasteiger partial charge is 0.861 e. The second-order valence-electron chi connectivity index (χ2n) is 15.0. The SMILES string of the molecule is NC(C(=O)O)[C@@H]1CCc2ccc(Br)cc21.O=C([O-])[C@@H](N=C(c1ccccc1)c1ccccc1N=C([O-])[C@@H]1CCCN1Cc1ccccc1)[C@@H]1CCc2ccc(Br)cc21.[Ni+2]. The van der Waals surface area contributed by atoms with Crippen molar-refractivity contribution in [3.05, 3.63) is 169 Å². The van der Waals surface area contributed by atoms with Crippen LogP contribution in [-0.2, 0) is 45.5 Å². The summed E-state index contributed by atoms with van der Waals surface area (Å²) >= 11 is 6.93. The molecular formula is C47H44Br2N4NiO5. The number of nitrogens with two attached hydrogens (primary N) is 1. The minimum Gasteiger partial charge on any atom is -0.861 e. The Balaban J connectivity index is 0.000000308. The van der Waals surface area contributed by atoms with Gasteiger partial charge in [0.05, 0.1) is 23.4 Å². The largest absolute Gasteiger partial charge is 2.00 e. The molecule has 1 unspecified atom stereocenters. The van der Waals surface area contributed by atoms with Crippen molar-refractivity contribution in [1.82, 2.24) is 4.90 Å². The zero-order chi connectivity index (χ0) is 40.8. The Kier molecular flexibility index (Phi) is 15.1. The molecule has 2 aliphatic carbocycles. The van der Waals surface area contributed by atoms with E-state index in [0.29, 0.717) is 29.9 Å². The minimum absolute atomic E-state index is 0. The maximum atomic E-state index is 13.7. The minimum atomic E-state index is -1.22. The first kappa shape index (κ1) is 44.1. The molecule has 1 fully saturated rings. The number of para-hydroxylation sites is 1. The Bertz CT molecular complexity index is 2330. The molecule has 0 amide bonds. The van der Waals surface area contributed by atoms with Crippen molar-refractivity contribution in [3.63, 3.8) is 0 Å². The van der Waals surface area contributed by atoms with Crippen molar-refractivity contribution in [3.8, 4) is 0 Å². The standard InChI is InChI=1S/C36H34BrN3O3.C11H12BrNO2.Ni/c37-27-19-17-25-18-20-28(30(25)22-27)34(36(42)43)39-33(26-12-5-2-6-13-26)29-14-7-8-15-31(29)38-35(41)32-16-9-21-40(32)23-24-10-3-1-4-11-24;12-7-3-1-6-2-4-8(9(6)5-7)10(13)11(14)15;/h1-8,10-15,17,19,22,28,32,34H,9,16,18,20-21,23H2,(H,38,41)(H,42,43);1,3,5,8,10H,2,4,13H2,(H,14,15);/q;;+2/p-2/t28-,32+,34+;8-,10?;/m11./s1. The Morgan fingerprint density at radius 3 is 1.98 bits per heavy atom. The van der Waals surface area contributed by atoms with Gasteiger partial charge in [0.2, 0.25) is 0 Å². The zero-order valence-electron chi connectivity index (χ0n) is 32.2. The molecule has 8 rings (SSSR count). The Morgan fingerprint density at radius 2 is 1.36 bits per heavy atom. The van der Waals surface area contributed by atoms with Crippen molar-refractivity contribution < 1.29 is 41.4 Å². The molecule has 1 aliphatic heterocycles. The quantitative estimate of drug-likeness (QED) is 0.0816. The first-order chi connectivity index (χ1) is 28.1. The van der Waals surface area contributed by atoms with E-state index in [-0.39, 0.29) is 40.3 Å². The summed E-state index contributed by atoms with van der Waals surface area (Å²) in [6.07, 6.45) is 4.89. The molecule has 5 aromatic carbocycles. The number of aliphatic carboxylic acids is 2. The molecule has 0 saturated carbocycles. The number of aryl methyl sites for hydroxylation is 2. The number of likely N-dealkylation sites (tertiary alicyclic amines) is 1. The summed E-state index contributed by atoms with van der Waals surface area (Å²) < 4.78 is 1.88. The summed E-state index contributed by atoms with van der Waals surface area (Å²) in [6.45, 7) is 1.53. The van der Waals surface area contributed by atoms with Crippen molar-refractivity contribution in [2.24, 2.45) is 15.7 Å². The molecule has 59 heavy (non-hydrogen) atoms. The van der Waals surface area contributed by atoms with Gasteiger partial charge in [-0.1, -0.05) is 123 Å². The average molecular weight is 963 g/mol. The summed E-state index contributed by atoms with van der Waals surface area (Å²) in [4.78, 5) is 35.3. The fourth-order valence-electron chi connectivity index (χ4n) is 8.50. The molecule has 0 aromatic heterocycles. The number of nitrogens with zero attached hydrogens (tertiary/aromatic N) is 3. The molecular weight excluding hydrogens is 919 g/mol. The van der Waals surface area contributed by atoms with E-state index < -0.39 is 24.0 Å². The molecule has 1 heterocycles. The molecule has 1 saturated heterocycles. The molecule has 0 spiro atoms. The molecule has 12 heteroatoms. The van der Waals surface area contributed by atoms with Crippen LogP contribution in [0.5, 0.6) is 0 Å². The molecule has 5 aromatic rings. The van der Waals surface area contributed by atoms with Gasteiger partial charge in [-0.05, 0) is 109 Å². The number of carbonyl (C=O) groups excluding carboxylic acids is 1. The van der Waals surface area contributed by atoms with Crippen molar-refractivity contribution >= 4 is 61.1 Å². The number of carboxylic acid groups (broad SMARTS) is 2. The predicted octanol–water partition coefficient (Wildman–Crippen LogP) is 7.08. The van der Waals surface area contributed by atoms with Crippen LogP contribution < -0.4 is 15.9 Å². The molecule has 0 bridgehead atoms. The number of carboxylic acids is 2. The normalized spacial score (nSPS) is 19.7. The van der Waals surface area contributed by atoms with Crippen LogP contribution in [0.4, 0.5) is 5.69 Å². The van der Waals surface area contributed by atoms with Gasteiger partial charge >= 0.3 is 22.5 Å². The van der Waals surface area contributed by atoms with Crippen LogP contribution >= 0.6 is 31.9 Å². The van der Waals surface area contributed by atoms with E-state index in [9.17, 15) is 19.8 Å². The van der Waals surface area contributed by atoms with E-state index in [2.05, 4.69) is 53.9 Å². The summed E-state index contributed by atoms with van der Waals surface area (Å²) in [5, 5.41) is 35.3. The number of carbonyl (C=O) groups is 2. The molecule has 0 radical (unpaired) electrons. The van der Waals surface area contributed by atoms with E-state index in [4.69, 9.17) is 15.8 Å². The number of fused-ring (bicyclic) bond motifs is 2. The molecule has 9 nitrogen and oxygen atoms in total. The maximum Gasteiger partial charge on any atom is 2.00 e. The second kappa shape index (κ2) is 20.2. The number of hydrogen-bond donors (Lipinski definition) is 2. The van der Waals surface area contributed by atoms with Crippen LogP contribution in [0.2, 0.25) is 0 Å². The van der Waals surface area contributed by atoms with Gasteiger partial charge in [0.25, 0.3) is 0 Å². The van der Waals surface area contributed by atoms with Gasteiger partial charge in [-0.15, -0.1) is 0 Å². The van der Waals surface area contributed by atoms with Crippen LogP contribution in [0.1, 0.15) is 76.5 Å². The van der Waals surface area contributed by atoms with Crippen molar-refractivity contribution in [2.45, 2.75) is 75.0 Å². The fraction of sp³-hybridized carbons (Fsp3) is 0.277. The van der Waals surface area contributed by atoms with Crippen LogP contribution in [-0.4, -0.2) is 58.2 Å². The first-order valence-electron chi connectivity index (χ1n) is 19.6. The number of hydrogen-bond acceptors (Lipinski definition) is 8. The fourth-order valence-corrected chi connectivity index (χ4v) is 9.26. The summed E-state index contributed by atoms with van der Waals surface area (Å²) in [6, 6.07) is 36.8. The Hall–Kier alpha value is -4.45. The Morgan fingerprint density at radius 1 is 0.780 bits per heavy atom. The van der Waals surface area contributed by atoms with Crippen LogP contribution in [0, 0.1) is 0 Å². The van der Waals surface area contributed by atoms with Crippen molar-refractivity contribution in [1.29, 1.82) is 0 Å².